The summed E-state index contributed by atoms with van der Waals surface area (Å²) < 4.78 is 11.7. The fourth-order valence-electron chi connectivity index (χ4n) is 5.59. The van der Waals surface area contributed by atoms with Crippen molar-refractivity contribution < 1.29 is 14.6 Å². The molecular formula is C17H14O3. The topological polar surface area (TPSA) is 38.7 Å². The van der Waals surface area contributed by atoms with E-state index in [0.717, 1.165) is 12.2 Å². The summed E-state index contributed by atoms with van der Waals surface area (Å²) in [6.45, 7) is 0. The van der Waals surface area contributed by atoms with Crippen LogP contribution in [0.5, 0.6) is 11.5 Å². The fraction of sp³-hybridized carbons (Fsp3) is 0.412. The van der Waals surface area contributed by atoms with Crippen molar-refractivity contribution in [3.63, 3.8) is 0 Å². The maximum Gasteiger partial charge on any atom is 0.169 e. The van der Waals surface area contributed by atoms with Gasteiger partial charge in [-0.05, 0) is 36.5 Å². The molecule has 2 bridgehead atoms. The summed E-state index contributed by atoms with van der Waals surface area (Å²) in [4.78, 5) is 0. The van der Waals surface area contributed by atoms with Crippen molar-refractivity contribution in [3.05, 3.63) is 46.7 Å². The Bertz CT molecular complexity index is 775. The maximum atomic E-state index is 10.2. The molecule has 1 heterocycles. The van der Waals surface area contributed by atoms with Crippen LogP contribution < -0.4 is 4.74 Å². The first-order chi connectivity index (χ1) is 9.72. The molecule has 0 saturated heterocycles. The third-order valence-electron chi connectivity index (χ3n) is 6.28. The van der Waals surface area contributed by atoms with E-state index in [1.165, 1.54) is 23.1 Å². The lowest BCUT2D eigenvalue weighted by atomic mass is 9.69. The van der Waals surface area contributed by atoms with Gasteiger partial charge in [-0.15, -0.1) is 0 Å². The summed E-state index contributed by atoms with van der Waals surface area (Å²) in [6, 6.07) is 3.92. The molecule has 0 aromatic heterocycles. The molecule has 0 amide bonds. The molecule has 1 aromatic rings. The molecule has 20 heavy (non-hydrogen) atoms. The molecule has 1 aliphatic heterocycles. The molecule has 2 fully saturated rings. The summed E-state index contributed by atoms with van der Waals surface area (Å²) in [6.07, 6.45) is 6.62. The molecule has 2 spiro atoms. The predicted octanol–water partition coefficient (Wildman–Crippen LogP) is 2.54. The second-order valence-corrected chi connectivity index (χ2v) is 6.79. The van der Waals surface area contributed by atoms with Crippen molar-refractivity contribution >= 4 is 0 Å². The first-order valence-electron chi connectivity index (χ1n) is 7.22. The van der Waals surface area contributed by atoms with Crippen molar-refractivity contribution in [2.24, 2.45) is 5.92 Å². The largest absolute Gasteiger partial charge is 0.504 e. The number of ether oxygens (including phenoxy) is 2. The van der Waals surface area contributed by atoms with E-state index >= 15 is 0 Å². The lowest BCUT2D eigenvalue weighted by Crippen LogP contribution is -2.41. The molecule has 4 unspecified atom stereocenters. The Morgan fingerprint density at radius 3 is 3.10 bits per heavy atom. The van der Waals surface area contributed by atoms with Crippen LogP contribution in [0.2, 0.25) is 0 Å². The molecule has 0 radical (unpaired) electrons. The van der Waals surface area contributed by atoms with Gasteiger partial charge in [0.1, 0.15) is 5.76 Å². The van der Waals surface area contributed by atoms with Crippen molar-refractivity contribution in [3.8, 4) is 11.5 Å². The molecule has 4 aliphatic carbocycles. The van der Waals surface area contributed by atoms with Crippen molar-refractivity contribution in [2.45, 2.75) is 29.8 Å². The van der Waals surface area contributed by atoms with E-state index in [-0.39, 0.29) is 17.3 Å². The maximum absolute atomic E-state index is 10.2. The Kier molecular flexibility index (Phi) is 1.24. The third-order valence-corrected chi connectivity index (χ3v) is 6.28. The molecule has 2 saturated carbocycles. The number of aromatic hydroxyl groups is 1. The summed E-state index contributed by atoms with van der Waals surface area (Å²) in [5.41, 5.74) is 4.48. The van der Waals surface area contributed by atoms with Gasteiger partial charge < -0.3 is 14.6 Å². The zero-order valence-corrected chi connectivity index (χ0v) is 11.1. The summed E-state index contributed by atoms with van der Waals surface area (Å²) in [7, 11) is 1.70. The minimum atomic E-state index is -0.0817. The van der Waals surface area contributed by atoms with Crippen LogP contribution in [0.15, 0.2) is 35.6 Å². The zero-order valence-electron chi connectivity index (χ0n) is 11.1. The van der Waals surface area contributed by atoms with E-state index in [1.54, 1.807) is 13.2 Å². The Morgan fingerprint density at radius 1 is 1.35 bits per heavy atom. The molecule has 3 heteroatoms. The van der Waals surface area contributed by atoms with Crippen LogP contribution in [0.3, 0.4) is 0 Å². The Labute approximate surface area is 116 Å². The quantitative estimate of drug-likeness (QED) is 0.849. The second kappa shape index (κ2) is 2.50. The lowest BCUT2D eigenvalue weighted by Gasteiger charge is -2.35. The van der Waals surface area contributed by atoms with E-state index in [1.807, 2.05) is 0 Å². The first kappa shape index (κ1) is 9.92. The number of methoxy groups -OCH3 is 1. The average molecular weight is 266 g/mol. The summed E-state index contributed by atoms with van der Waals surface area (Å²) in [5, 5.41) is 10.2. The Balaban J connectivity index is 1.77. The van der Waals surface area contributed by atoms with Crippen LogP contribution in [0.4, 0.5) is 0 Å². The van der Waals surface area contributed by atoms with E-state index in [0.29, 0.717) is 17.1 Å². The monoisotopic (exact) mass is 266 g/mol. The minimum Gasteiger partial charge on any atom is -0.504 e. The van der Waals surface area contributed by atoms with Crippen molar-refractivity contribution in [2.75, 3.05) is 7.11 Å². The molecule has 4 atom stereocenters. The van der Waals surface area contributed by atoms with Gasteiger partial charge in [-0.2, -0.15) is 0 Å². The normalized spacial score (nSPS) is 43.5. The van der Waals surface area contributed by atoms with Crippen LogP contribution in [0.1, 0.15) is 24.0 Å². The van der Waals surface area contributed by atoms with E-state index in [4.69, 9.17) is 9.47 Å². The third kappa shape index (κ3) is 0.687. The van der Waals surface area contributed by atoms with Gasteiger partial charge in [-0.1, -0.05) is 17.7 Å². The highest BCUT2D eigenvalue weighted by Crippen LogP contribution is 2.83. The van der Waals surface area contributed by atoms with E-state index in [9.17, 15) is 5.11 Å². The molecule has 6 rings (SSSR count). The number of phenolic OH excluding ortho intramolecular Hbond substituents is 1. The highest BCUT2D eigenvalue weighted by molar-refractivity contribution is 5.75. The average Bonchev–Trinajstić information content (AvgIpc) is 2.82. The number of hydrogen-bond donors (Lipinski definition) is 1. The Hall–Kier alpha value is -1.90. The number of rotatable bonds is 1. The number of phenols is 1. The number of benzene rings is 1. The van der Waals surface area contributed by atoms with Gasteiger partial charge >= 0.3 is 0 Å². The standard InChI is InChI=1S/C17H14O3/c1-19-12-5-3-8-10-6-16(10)7-17(8)13-9(16)2-4-11(18)14(13)20-15(12)17/h2-5,10,15,18H,6-7H2,1H3. The van der Waals surface area contributed by atoms with E-state index in [2.05, 4.69) is 18.2 Å². The van der Waals surface area contributed by atoms with Crippen molar-refractivity contribution in [1.29, 1.82) is 0 Å². The number of allylic oxidation sites excluding steroid dienone is 2. The summed E-state index contributed by atoms with van der Waals surface area (Å²) in [5.74, 6) is 2.54. The van der Waals surface area contributed by atoms with Crippen LogP contribution in [-0.2, 0) is 15.6 Å². The van der Waals surface area contributed by atoms with Crippen LogP contribution >= 0.6 is 0 Å². The number of hydrogen-bond acceptors (Lipinski definition) is 3. The van der Waals surface area contributed by atoms with Gasteiger partial charge in [0.25, 0.3) is 0 Å². The lowest BCUT2D eigenvalue weighted by molar-refractivity contribution is 0.116. The van der Waals surface area contributed by atoms with Gasteiger partial charge in [-0.25, -0.2) is 0 Å². The zero-order chi connectivity index (χ0) is 13.3. The molecular weight excluding hydrogens is 252 g/mol. The van der Waals surface area contributed by atoms with Crippen LogP contribution in [-0.4, -0.2) is 18.3 Å². The minimum absolute atomic E-state index is 0.0492. The predicted molar refractivity (Wildman–Crippen MR) is 71.8 cm³/mol. The van der Waals surface area contributed by atoms with Gasteiger partial charge in [0.2, 0.25) is 0 Å². The van der Waals surface area contributed by atoms with Crippen LogP contribution in [0.25, 0.3) is 0 Å². The van der Waals surface area contributed by atoms with Gasteiger partial charge in [0.15, 0.2) is 17.6 Å². The van der Waals surface area contributed by atoms with Gasteiger partial charge in [0, 0.05) is 11.0 Å². The molecule has 1 N–H and O–H groups in total. The SMILES string of the molecule is COC1=CC=C2C3CC34CC23c2c4ccc(O)c2OC13. The van der Waals surface area contributed by atoms with Gasteiger partial charge in [0.05, 0.1) is 12.5 Å². The van der Waals surface area contributed by atoms with Crippen molar-refractivity contribution in [1.82, 2.24) is 0 Å². The highest BCUT2D eigenvalue weighted by atomic mass is 16.5. The highest BCUT2D eigenvalue weighted by Gasteiger charge is 2.80. The molecule has 5 aliphatic rings. The van der Waals surface area contributed by atoms with Crippen LogP contribution in [0, 0.1) is 5.92 Å². The second-order valence-electron chi connectivity index (χ2n) is 6.79. The fourth-order valence-corrected chi connectivity index (χ4v) is 5.59. The smallest absolute Gasteiger partial charge is 0.169 e. The Morgan fingerprint density at radius 2 is 2.25 bits per heavy atom. The first-order valence-corrected chi connectivity index (χ1v) is 7.22. The summed E-state index contributed by atoms with van der Waals surface area (Å²) >= 11 is 0. The molecule has 3 nitrogen and oxygen atoms in total. The van der Waals surface area contributed by atoms with E-state index < -0.39 is 0 Å². The molecule has 1 aromatic carbocycles. The van der Waals surface area contributed by atoms with Gasteiger partial charge in [-0.3, -0.25) is 0 Å². The number of fused-ring (bicyclic) bond motifs is 1. The molecule has 100 valence electrons.